The van der Waals surface area contributed by atoms with Crippen LogP contribution in [0.3, 0.4) is 0 Å². The average Bonchev–Trinajstić information content (AvgIpc) is 3.32. The number of aliphatic hydroxyl groups is 1. The first-order valence-electron chi connectivity index (χ1n) is 11.3. The molecule has 3 heterocycles. The van der Waals surface area contributed by atoms with Gasteiger partial charge < -0.3 is 29.2 Å². The number of aromatic hydroxyl groups is 1. The van der Waals surface area contributed by atoms with E-state index in [1.54, 1.807) is 35.2 Å². The number of aromatic nitrogens is 2. The highest BCUT2D eigenvalue weighted by atomic mass is 35.5. The Balaban J connectivity index is 1.35. The van der Waals surface area contributed by atoms with Gasteiger partial charge in [0.25, 0.3) is 5.91 Å². The van der Waals surface area contributed by atoms with Crippen molar-refractivity contribution in [1.82, 2.24) is 14.3 Å². The van der Waals surface area contributed by atoms with E-state index >= 15 is 0 Å². The van der Waals surface area contributed by atoms with Gasteiger partial charge in [-0.1, -0.05) is 23.7 Å². The van der Waals surface area contributed by atoms with Crippen LogP contribution in [0.1, 0.15) is 15.9 Å². The fourth-order valence-electron chi connectivity index (χ4n) is 4.41. The van der Waals surface area contributed by atoms with Crippen molar-refractivity contribution in [1.29, 1.82) is 0 Å². The number of carbonyl (C=O) groups excluding carboxylic acids is 1. The number of para-hydroxylation sites is 1. The Morgan fingerprint density at radius 1 is 1.11 bits per heavy atom. The number of ether oxygens (including phenoxy) is 1. The number of amides is 1. The summed E-state index contributed by atoms with van der Waals surface area (Å²) in [5.41, 5.74) is 4.24. The van der Waals surface area contributed by atoms with Crippen LogP contribution in [0.25, 0.3) is 16.9 Å². The van der Waals surface area contributed by atoms with Gasteiger partial charge in [-0.3, -0.25) is 4.79 Å². The van der Waals surface area contributed by atoms with Gasteiger partial charge in [-0.05, 0) is 35.9 Å². The lowest BCUT2D eigenvalue weighted by Gasteiger charge is -2.36. The number of hydrogen-bond acceptors (Lipinski definition) is 6. The number of carbonyl (C=O) groups is 1. The van der Waals surface area contributed by atoms with Crippen molar-refractivity contribution >= 4 is 28.8 Å². The topological polar surface area (TPSA) is 90.5 Å². The summed E-state index contributed by atoms with van der Waals surface area (Å²) in [4.78, 5) is 21.5. The summed E-state index contributed by atoms with van der Waals surface area (Å²) in [6.07, 6.45) is 3.85. The van der Waals surface area contributed by atoms with E-state index in [9.17, 15) is 15.0 Å². The Hall–Kier alpha value is -3.75. The van der Waals surface area contributed by atoms with E-state index in [1.807, 2.05) is 28.9 Å². The number of nitrogens with zero attached hydrogens (tertiary/aromatic N) is 4. The molecule has 0 unspecified atom stereocenters. The highest BCUT2D eigenvalue weighted by Gasteiger charge is 2.24. The van der Waals surface area contributed by atoms with Crippen LogP contribution in [0.5, 0.6) is 11.5 Å². The second kappa shape index (κ2) is 9.48. The number of phenols is 1. The quantitative estimate of drug-likeness (QED) is 0.440. The Bertz CT molecular complexity index is 1400. The van der Waals surface area contributed by atoms with Crippen molar-refractivity contribution in [2.75, 3.05) is 38.2 Å². The normalized spacial score (nSPS) is 13.9. The van der Waals surface area contributed by atoms with Crippen molar-refractivity contribution in [3.63, 3.8) is 0 Å². The highest BCUT2D eigenvalue weighted by Crippen LogP contribution is 2.34. The zero-order valence-electron chi connectivity index (χ0n) is 19.2. The molecule has 1 aliphatic heterocycles. The predicted molar refractivity (Wildman–Crippen MR) is 134 cm³/mol. The molecule has 2 aromatic heterocycles. The van der Waals surface area contributed by atoms with E-state index in [2.05, 4.69) is 4.90 Å². The molecule has 1 aliphatic rings. The molecule has 2 aromatic carbocycles. The Kier molecular flexibility index (Phi) is 6.23. The molecule has 1 saturated heterocycles. The summed E-state index contributed by atoms with van der Waals surface area (Å²) < 4.78 is 7.19. The van der Waals surface area contributed by atoms with Gasteiger partial charge >= 0.3 is 0 Å². The van der Waals surface area contributed by atoms with Crippen molar-refractivity contribution in [3.8, 4) is 22.8 Å². The third-order valence-corrected chi connectivity index (χ3v) is 6.63. The van der Waals surface area contributed by atoms with Gasteiger partial charge in [-0.15, -0.1) is 0 Å². The minimum atomic E-state index is -0.161. The minimum Gasteiger partial charge on any atom is -0.507 e. The third kappa shape index (κ3) is 4.38. The smallest absolute Gasteiger partial charge is 0.257 e. The molecule has 0 aliphatic carbocycles. The Labute approximate surface area is 207 Å². The Morgan fingerprint density at radius 2 is 1.89 bits per heavy atom. The lowest BCUT2D eigenvalue weighted by molar-refractivity contribution is 0.0743. The number of halogens is 1. The number of fused-ring (bicyclic) bond motifs is 1. The first-order chi connectivity index (χ1) is 17.0. The van der Waals surface area contributed by atoms with Crippen molar-refractivity contribution in [3.05, 3.63) is 77.1 Å². The van der Waals surface area contributed by atoms with Crippen molar-refractivity contribution in [2.45, 2.75) is 6.61 Å². The summed E-state index contributed by atoms with van der Waals surface area (Å²) in [5.74, 6) is 0.350. The number of pyridine rings is 1. The summed E-state index contributed by atoms with van der Waals surface area (Å²) in [6.45, 7) is 2.30. The molecule has 0 saturated carbocycles. The standard InChI is InChI=1S/C26H25ClN4O4/c1-35-24-12-17(16-32)20(14-21(24)27)22-15-31-7-6-18(13-25(31)28-22)29-8-10-30(11-9-29)26(34)19-4-2-3-5-23(19)33/h2-7,12-15,32-33H,8-11,16H2,1H3. The number of aliphatic hydroxyl groups excluding tert-OH is 1. The lowest BCUT2D eigenvalue weighted by atomic mass is 10.1. The maximum atomic E-state index is 12.8. The fourth-order valence-corrected chi connectivity index (χ4v) is 4.65. The zero-order valence-corrected chi connectivity index (χ0v) is 19.9. The monoisotopic (exact) mass is 492 g/mol. The number of hydrogen-bond donors (Lipinski definition) is 2. The van der Waals surface area contributed by atoms with Gasteiger partial charge in [0.2, 0.25) is 0 Å². The van der Waals surface area contributed by atoms with Crippen LogP contribution in [-0.4, -0.2) is 63.7 Å². The molecular formula is C26H25ClN4O4. The number of imidazole rings is 1. The molecule has 9 heteroatoms. The molecule has 0 atom stereocenters. The molecule has 2 N–H and O–H groups in total. The predicted octanol–water partition coefficient (Wildman–Crippen LogP) is 3.82. The van der Waals surface area contributed by atoms with Gasteiger partial charge in [-0.2, -0.15) is 0 Å². The third-order valence-electron chi connectivity index (χ3n) is 6.33. The van der Waals surface area contributed by atoms with Gasteiger partial charge in [0.15, 0.2) is 0 Å². The molecule has 1 fully saturated rings. The largest absolute Gasteiger partial charge is 0.507 e. The second-order valence-corrected chi connectivity index (χ2v) is 8.78. The number of benzene rings is 2. The first-order valence-corrected chi connectivity index (χ1v) is 11.6. The second-order valence-electron chi connectivity index (χ2n) is 8.37. The van der Waals surface area contributed by atoms with E-state index < -0.39 is 0 Å². The van der Waals surface area contributed by atoms with Gasteiger partial charge in [0.05, 0.1) is 30.0 Å². The SMILES string of the molecule is COc1cc(CO)c(-c2cn3ccc(N4CCN(C(=O)c5ccccc5O)CC4)cc3n2)cc1Cl. The molecule has 4 aromatic rings. The summed E-state index contributed by atoms with van der Waals surface area (Å²) >= 11 is 6.33. The van der Waals surface area contributed by atoms with Crippen molar-refractivity contribution in [2.24, 2.45) is 0 Å². The van der Waals surface area contributed by atoms with E-state index in [0.29, 0.717) is 53.8 Å². The van der Waals surface area contributed by atoms with Gasteiger partial charge in [0.1, 0.15) is 17.1 Å². The van der Waals surface area contributed by atoms with E-state index in [4.69, 9.17) is 21.3 Å². The van der Waals surface area contributed by atoms with Crippen LogP contribution >= 0.6 is 11.6 Å². The van der Waals surface area contributed by atoms with Crippen LogP contribution < -0.4 is 9.64 Å². The summed E-state index contributed by atoms with van der Waals surface area (Å²) in [6, 6.07) is 14.1. The fraction of sp³-hybridized carbons (Fsp3) is 0.231. The highest BCUT2D eigenvalue weighted by molar-refractivity contribution is 6.32. The maximum Gasteiger partial charge on any atom is 0.257 e. The van der Waals surface area contributed by atoms with Gasteiger partial charge in [-0.25, -0.2) is 4.98 Å². The number of anilines is 1. The number of piperazine rings is 1. The van der Waals surface area contributed by atoms with Gasteiger partial charge in [0, 0.05) is 55.9 Å². The first kappa shape index (κ1) is 23.0. The summed E-state index contributed by atoms with van der Waals surface area (Å²) in [7, 11) is 1.54. The molecule has 8 nitrogen and oxygen atoms in total. The van der Waals surface area contributed by atoms with Crippen LogP contribution in [0.4, 0.5) is 5.69 Å². The van der Waals surface area contributed by atoms with E-state index in [1.165, 1.54) is 13.2 Å². The molecule has 0 bridgehead atoms. The van der Waals surface area contributed by atoms with E-state index in [-0.39, 0.29) is 18.3 Å². The number of methoxy groups -OCH3 is 1. The molecule has 180 valence electrons. The van der Waals surface area contributed by atoms with Crippen LogP contribution in [-0.2, 0) is 6.61 Å². The molecule has 1 amide bonds. The Morgan fingerprint density at radius 3 is 2.60 bits per heavy atom. The molecule has 0 radical (unpaired) electrons. The average molecular weight is 493 g/mol. The summed E-state index contributed by atoms with van der Waals surface area (Å²) in [5, 5.41) is 20.3. The van der Waals surface area contributed by atoms with Crippen LogP contribution in [0.2, 0.25) is 5.02 Å². The maximum absolute atomic E-state index is 12.8. The molecular weight excluding hydrogens is 468 g/mol. The van der Waals surface area contributed by atoms with Crippen LogP contribution in [0, 0.1) is 0 Å². The lowest BCUT2D eigenvalue weighted by Crippen LogP contribution is -2.48. The molecule has 0 spiro atoms. The number of rotatable bonds is 5. The zero-order chi connectivity index (χ0) is 24.5. The minimum absolute atomic E-state index is 0.00277. The number of phenolic OH excluding ortho intramolecular Hbond substituents is 1. The van der Waals surface area contributed by atoms with Crippen LogP contribution in [0.15, 0.2) is 60.9 Å². The molecule has 35 heavy (non-hydrogen) atoms. The molecule has 5 rings (SSSR count). The van der Waals surface area contributed by atoms with E-state index in [0.717, 1.165) is 16.9 Å². The van der Waals surface area contributed by atoms with Crippen molar-refractivity contribution < 1.29 is 19.7 Å².